The third kappa shape index (κ3) is 2.34. The maximum atomic E-state index is 13.0. The average molecular weight is 257 g/mol. The van der Waals surface area contributed by atoms with Crippen molar-refractivity contribution in [2.45, 2.75) is 18.6 Å². The van der Waals surface area contributed by atoms with Gasteiger partial charge in [-0.15, -0.1) is 0 Å². The van der Waals surface area contributed by atoms with Crippen molar-refractivity contribution in [2.24, 2.45) is 0 Å². The van der Waals surface area contributed by atoms with E-state index in [0.717, 1.165) is 17.7 Å². The standard InChI is InChI=1S/C16H16FNO/c1-19-16-10-15(11-6-8-12(17)9-7-11)18-14-5-3-2-4-13(14)16/h2-9,15-16,18H,10H2,1H3/t15-,16-/m1/s1. The Kier molecular flexibility index (Phi) is 3.22. The molecule has 1 N–H and O–H groups in total. The van der Waals surface area contributed by atoms with Crippen molar-refractivity contribution in [3.63, 3.8) is 0 Å². The maximum Gasteiger partial charge on any atom is 0.123 e. The molecule has 1 aliphatic rings. The number of hydrogen-bond acceptors (Lipinski definition) is 2. The molecule has 19 heavy (non-hydrogen) atoms. The van der Waals surface area contributed by atoms with Crippen LogP contribution >= 0.6 is 0 Å². The average Bonchev–Trinajstić information content (AvgIpc) is 2.47. The number of methoxy groups -OCH3 is 1. The predicted octanol–water partition coefficient (Wildman–Crippen LogP) is 4.07. The Morgan fingerprint density at radius 2 is 1.84 bits per heavy atom. The van der Waals surface area contributed by atoms with Gasteiger partial charge in [-0.25, -0.2) is 4.39 Å². The third-order valence-corrected chi connectivity index (χ3v) is 3.64. The Hall–Kier alpha value is -1.87. The van der Waals surface area contributed by atoms with E-state index in [4.69, 9.17) is 4.74 Å². The summed E-state index contributed by atoms with van der Waals surface area (Å²) in [6, 6.07) is 15.0. The molecule has 3 heteroatoms. The molecule has 0 fully saturated rings. The Labute approximate surface area is 112 Å². The lowest BCUT2D eigenvalue weighted by atomic mass is 9.91. The van der Waals surface area contributed by atoms with E-state index in [1.54, 1.807) is 7.11 Å². The molecule has 2 aromatic carbocycles. The number of nitrogens with one attached hydrogen (secondary N) is 1. The van der Waals surface area contributed by atoms with Crippen molar-refractivity contribution in [2.75, 3.05) is 12.4 Å². The van der Waals surface area contributed by atoms with Crippen LogP contribution in [0.15, 0.2) is 48.5 Å². The van der Waals surface area contributed by atoms with Gasteiger partial charge in [0, 0.05) is 24.8 Å². The summed E-state index contributed by atoms with van der Waals surface area (Å²) in [5.41, 5.74) is 3.36. The van der Waals surface area contributed by atoms with Gasteiger partial charge in [-0.2, -0.15) is 0 Å². The molecule has 0 aromatic heterocycles. The number of anilines is 1. The summed E-state index contributed by atoms with van der Waals surface area (Å²) in [5.74, 6) is -0.205. The normalized spacial score (nSPS) is 21.6. The Morgan fingerprint density at radius 1 is 1.11 bits per heavy atom. The van der Waals surface area contributed by atoms with Crippen molar-refractivity contribution in [1.82, 2.24) is 0 Å². The molecule has 3 rings (SSSR count). The second-order valence-electron chi connectivity index (χ2n) is 4.80. The first kappa shape index (κ1) is 12.2. The monoisotopic (exact) mass is 257 g/mol. The van der Waals surface area contributed by atoms with E-state index in [-0.39, 0.29) is 18.0 Å². The molecule has 0 radical (unpaired) electrons. The van der Waals surface area contributed by atoms with Gasteiger partial charge >= 0.3 is 0 Å². The van der Waals surface area contributed by atoms with E-state index >= 15 is 0 Å². The van der Waals surface area contributed by atoms with Crippen LogP contribution in [0, 0.1) is 5.82 Å². The van der Waals surface area contributed by atoms with Gasteiger partial charge in [0.2, 0.25) is 0 Å². The van der Waals surface area contributed by atoms with Crippen LogP contribution in [-0.2, 0) is 4.74 Å². The fourth-order valence-electron chi connectivity index (χ4n) is 2.63. The molecular weight excluding hydrogens is 241 g/mol. The van der Waals surface area contributed by atoms with E-state index in [1.807, 2.05) is 24.3 Å². The van der Waals surface area contributed by atoms with Gasteiger partial charge in [-0.1, -0.05) is 30.3 Å². The van der Waals surface area contributed by atoms with E-state index in [0.29, 0.717) is 0 Å². The number of halogens is 1. The zero-order valence-electron chi connectivity index (χ0n) is 10.8. The van der Waals surface area contributed by atoms with Crippen LogP contribution in [0.4, 0.5) is 10.1 Å². The van der Waals surface area contributed by atoms with Crippen LogP contribution in [0.25, 0.3) is 0 Å². The minimum absolute atomic E-state index is 0.0764. The van der Waals surface area contributed by atoms with E-state index < -0.39 is 0 Å². The second kappa shape index (κ2) is 5.02. The molecule has 0 amide bonds. The van der Waals surface area contributed by atoms with Gasteiger partial charge in [-0.3, -0.25) is 0 Å². The molecule has 0 saturated heterocycles. The van der Waals surface area contributed by atoms with Crippen LogP contribution in [0.3, 0.4) is 0 Å². The predicted molar refractivity (Wildman–Crippen MR) is 73.6 cm³/mol. The summed E-state index contributed by atoms with van der Waals surface area (Å²) in [6.07, 6.45) is 0.923. The Bertz CT molecular complexity index is 567. The number of para-hydroxylation sites is 1. The molecule has 0 saturated carbocycles. The molecule has 2 nitrogen and oxygen atoms in total. The van der Waals surface area contributed by atoms with Gasteiger partial charge in [0.05, 0.1) is 12.1 Å². The fourth-order valence-corrected chi connectivity index (χ4v) is 2.63. The highest BCUT2D eigenvalue weighted by atomic mass is 19.1. The maximum absolute atomic E-state index is 13.0. The summed E-state index contributed by atoms with van der Waals surface area (Å²) in [7, 11) is 1.73. The minimum atomic E-state index is -0.205. The van der Waals surface area contributed by atoms with Crippen molar-refractivity contribution < 1.29 is 9.13 Å². The first-order valence-corrected chi connectivity index (χ1v) is 6.41. The Morgan fingerprint density at radius 3 is 2.58 bits per heavy atom. The minimum Gasteiger partial charge on any atom is -0.378 e. The first-order valence-electron chi connectivity index (χ1n) is 6.41. The zero-order valence-corrected chi connectivity index (χ0v) is 10.8. The van der Waals surface area contributed by atoms with E-state index in [2.05, 4.69) is 17.4 Å². The zero-order chi connectivity index (χ0) is 13.2. The van der Waals surface area contributed by atoms with Gasteiger partial charge in [0.25, 0.3) is 0 Å². The first-order chi connectivity index (χ1) is 9.28. The molecule has 2 aromatic rings. The molecule has 0 bridgehead atoms. The van der Waals surface area contributed by atoms with Gasteiger partial charge in [0.1, 0.15) is 5.82 Å². The van der Waals surface area contributed by atoms with Crippen molar-refractivity contribution in [3.05, 3.63) is 65.5 Å². The van der Waals surface area contributed by atoms with Crippen LogP contribution in [0.2, 0.25) is 0 Å². The quantitative estimate of drug-likeness (QED) is 0.875. The van der Waals surface area contributed by atoms with Gasteiger partial charge in [0.15, 0.2) is 0 Å². The lowest BCUT2D eigenvalue weighted by Crippen LogP contribution is -2.22. The van der Waals surface area contributed by atoms with E-state index in [9.17, 15) is 4.39 Å². The SMILES string of the molecule is CO[C@@H]1C[C@H](c2ccc(F)cc2)Nc2ccccc21. The van der Waals surface area contributed by atoms with Gasteiger partial charge < -0.3 is 10.1 Å². The molecule has 0 unspecified atom stereocenters. The van der Waals surface area contributed by atoms with Crippen LogP contribution in [0.1, 0.15) is 29.7 Å². The number of rotatable bonds is 2. The lowest BCUT2D eigenvalue weighted by molar-refractivity contribution is 0.0879. The second-order valence-corrected chi connectivity index (χ2v) is 4.80. The smallest absolute Gasteiger partial charge is 0.123 e. The number of ether oxygens (including phenoxy) is 1. The fraction of sp³-hybridized carbons (Fsp3) is 0.250. The highest BCUT2D eigenvalue weighted by Crippen LogP contribution is 2.40. The van der Waals surface area contributed by atoms with Crippen molar-refractivity contribution >= 4 is 5.69 Å². The lowest BCUT2D eigenvalue weighted by Gasteiger charge is -2.32. The summed E-state index contributed by atoms with van der Waals surface area (Å²) in [6.45, 7) is 0. The van der Waals surface area contributed by atoms with Gasteiger partial charge in [-0.05, 0) is 23.8 Å². The summed E-state index contributed by atoms with van der Waals surface area (Å²) in [4.78, 5) is 0. The number of hydrogen-bond donors (Lipinski definition) is 1. The number of fused-ring (bicyclic) bond motifs is 1. The van der Waals surface area contributed by atoms with Crippen LogP contribution in [-0.4, -0.2) is 7.11 Å². The molecule has 1 aliphatic heterocycles. The van der Waals surface area contributed by atoms with E-state index in [1.165, 1.54) is 17.7 Å². The molecular formula is C16H16FNO. The highest BCUT2D eigenvalue weighted by molar-refractivity contribution is 5.56. The molecule has 98 valence electrons. The Balaban J connectivity index is 1.93. The summed E-state index contributed by atoms with van der Waals surface area (Å²) >= 11 is 0. The molecule has 2 atom stereocenters. The number of benzene rings is 2. The van der Waals surface area contributed by atoms with Crippen molar-refractivity contribution in [3.8, 4) is 0 Å². The topological polar surface area (TPSA) is 21.3 Å². The summed E-state index contributed by atoms with van der Waals surface area (Å²) < 4.78 is 18.6. The third-order valence-electron chi connectivity index (χ3n) is 3.64. The molecule has 1 heterocycles. The highest BCUT2D eigenvalue weighted by Gasteiger charge is 2.26. The van der Waals surface area contributed by atoms with Crippen LogP contribution < -0.4 is 5.32 Å². The largest absolute Gasteiger partial charge is 0.378 e. The summed E-state index contributed by atoms with van der Waals surface area (Å²) in [5, 5.41) is 3.49. The molecule has 0 spiro atoms. The van der Waals surface area contributed by atoms with Crippen molar-refractivity contribution in [1.29, 1.82) is 0 Å². The molecule has 0 aliphatic carbocycles. The van der Waals surface area contributed by atoms with Crippen LogP contribution in [0.5, 0.6) is 0 Å².